The van der Waals surface area contributed by atoms with Crippen LogP contribution in [0, 0.1) is 0 Å². The minimum Gasteiger partial charge on any atom is -0.347 e. The third kappa shape index (κ3) is 3.05. The van der Waals surface area contributed by atoms with E-state index in [0.717, 1.165) is 12.8 Å². The molecule has 1 saturated carbocycles. The van der Waals surface area contributed by atoms with Gasteiger partial charge in [-0.2, -0.15) is 0 Å². The molecule has 0 spiro atoms. The number of rotatable bonds is 4. The van der Waals surface area contributed by atoms with Crippen molar-refractivity contribution in [3.63, 3.8) is 0 Å². The summed E-state index contributed by atoms with van der Waals surface area (Å²) in [7, 11) is 0. The highest BCUT2D eigenvalue weighted by Crippen LogP contribution is 2.37. The first kappa shape index (κ1) is 13.4. The molecule has 0 bridgehead atoms. The van der Waals surface area contributed by atoms with E-state index in [0.29, 0.717) is 12.3 Å². The van der Waals surface area contributed by atoms with E-state index in [-0.39, 0.29) is 11.4 Å². The minimum absolute atomic E-state index is 0.0655. The molecule has 1 aliphatic rings. The zero-order chi connectivity index (χ0) is 12.8. The van der Waals surface area contributed by atoms with Crippen LogP contribution in [0.1, 0.15) is 44.1 Å². The number of carbonyl (C=O) groups is 1. The molecule has 0 heterocycles. The van der Waals surface area contributed by atoms with Gasteiger partial charge in [-0.15, -0.1) is 11.6 Å². The van der Waals surface area contributed by atoms with Gasteiger partial charge in [0.1, 0.15) is 0 Å². The molecule has 0 aliphatic heterocycles. The van der Waals surface area contributed by atoms with Crippen LogP contribution >= 0.6 is 11.6 Å². The van der Waals surface area contributed by atoms with Gasteiger partial charge in [-0.05, 0) is 18.4 Å². The molecule has 18 heavy (non-hydrogen) atoms. The summed E-state index contributed by atoms with van der Waals surface area (Å²) in [6.07, 6.45) is 6.08. The Balaban J connectivity index is 2.20. The second-order valence-electron chi connectivity index (χ2n) is 5.00. The van der Waals surface area contributed by atoms with Gasteiger partial charge in [-0.3, -0.25) is 4.79 Å². The lowest BCUT2D eigenvalue weighted by molar-refractivity contribution is -0.123. The van der Waals surface area contributed by atoms with Crippen molar-refractivity contribution in [3.8, 4) is 0 Å². The molecule has 1 amide bonds. The fraction of sp³-hybridized carbons (Fsp3) is 0.533. The van der Waals surface area contributed by atoms with Crippen LogP contribution in [-0.2, 0) is 10.3 Å². The van der Waals surface area contributed by atoms with Crippen LogP contribution in [0.15, 0.2) is 30.3 Å². The molecule has 0 radical (unpaired) electrons. The second kappa shape index (κ2) is 6.24. The van der Waals surface area contributed by atoms with Crippen molar-refractivity contribution in [2.45, 2.75) is 44.1 Å². The predicted molar refractivity (Wildman–Crippen MR) is 74.7 cm³/mol. The van der Waals surface area contributed by atoms with Gasteiger partial charge in [0.15, 0.2) is 0 Å². The lowest BCUT2D eigenvalue weighted by Crippen LogP contribution is -2.47. The molecule has 0 saturated heterocycles. The minimum atomic E-state index is -0.164. The molecule has 2 nitrogen and oxygen atoms in total. The van der Waals surface area contributed by atoms with Gasteiger partial charge in [0, 0.05) is 12.3 Å². The van der Waals surface area contributed by atoms with Crippen molar-refractivity contribution in [2.24, 2.45) is 0 Å². The Morgan fingerprint density at radius 1 is 1.17 bits per heavy atom. The van der Waals surface area contributed by atoms with Crippen LogP contribution in [0.25, 0.3) is 0 Å². The van der Waals surface area contributed by atoms with E-state index in [4.69, 9.17) is 11.6 Å². The van der Waals surface area contributed by atoms with E-state index in [9.17, 15) is 4.79 Å². The molecule has 98 valence electrons. The molecule has 1 fully saturated rings. The standard InChI is InChI=1S/C15H20ClNO/c16-12-9-14(18)17-15(10-5-2-6-11-15)13-7-3-1-4-8-13/h1,3-4,7-8H,2,5-6,9-12H2,(H,17,18). The van der Waals surface area contributed by atoms with Crippen LogP contribution in [0.3, 0.4) is 0 Å². The molecule has 1 N–H and O–H groups in total. The van der Waals surface area contributed by atoms with Gasteiger partial charge in [0.25, 0.3) is 0 Å². The number of benzene rings is 1. The Morgan fingerprint density at radius 3 is 2.44 bits per heavy atom. The first-order chi connectivity index (χ1) is 8.77. The number of hydrogen-bond donors (Lipinski definition) is 1. The Kier molecular flexibility index (Phi) is 4.65. The van der Waals surface area contributed by atoms with E-state index in [1.54, 1.807) is 0 Å². The fourth-order valence-electron chi connectivity index (χ4n) is 2.81. The molecular weight excluding hydrogens is 246 g/mol. The third-order valence-corrected chi connectivity index (χ3v) is 3.92. The summed E-state index contributed by atoms with van der Waals surface area (Å²) in [5.74, 6) is 0.451. The number of halogens is 1. The average molecular weight is 266 g/mol. The highest BCUT2D eigenvalue weighted by Gasteiger charge is 2.34. The Morgan fingerprint density at radius 2 is 1.83 bits per heavy atom. The summed E-state index contributed by atoms with van der Waals surface area (Å²) in [5.41, 5.74) is 1.07. The van der Waals surface area contributed by atoms with E-state index in [2.05, 4.69) is 17.4 Å². The van der Waals surface area contributed by atoms with Crippen molar-refractivity contribution in [3.05, 3.63) is 35.9 Å². The fourth-order valence-corrected chi connectivity index (χ4v) is 2.99. The lowest BCUT2D eigenvalue weighted by Gasteiger charge is -2.38. The summed E-state index contributed by atoms with van der Waals surface area (Å²) in [4.78, 5) is 11.9. The molecule has 2 rings (SSSR count). The topological polar surface area (TPSA) is 29.1 Å². The van der Waals surface area contributed by atoms with Crippen molar-refractivity contribution in [1.29, 1.82) is 0 Å². The zero-order valence-electron chi connectivity index (χ0n) is 10.6. The molecule has 1 aliphatic carbocycles. The molecule has 0 unspecified atom stereocenters. The van der Waals surface area contributed by atoms with Crippen LogP contribution in [-0.4, -0.2) is 11.8 Å². The summed E-state index contributed by atoms with van der Waals surface area (Å²) in [5, 5.41) is 3.23. The molecule has 1 aromatic rings. The summed E-state index contributed by atoms with van der Waals surface area (Å²) < 4.78 is 0. The van der Waals surface area contributed by atoms with Crippen LogP contribution < -0.4 is 5.32 Å². The SMILES string of the molecule is O=C(CCCl)NC1(c2ccccc2)CCCCC1. The average Bonchev–Trinajstić information content (AvgIpc) is 2.41. The van der Waals surface area contributed by atoms with Crippen LogP contribution in [0.5, 0.6) is 0 Å². The maximum Gasteiger partial charge on any atom is 0.221 e. The highest BCUT2D eigenvalue weighted by atomic mass is 35.5. The highest BCUT2D eigenvalue weighted by molar-refractivity contribution is 6.18. The summed E-state index contributed by atoms with van der Waals surface area (Å²) in [6, 6.07) is 10.3. The van der Waals surface area contributed by atoms with E-state index >= 15 is 0 Å². The summed E-state index contributed by atoms with van der Waals surface area (Å²) in [6.45, 7) is 0. The van der Waals surface area contributed by atoms with Crippen molar-refractivity contribution in [1.82, 2.24) is 5.32 Å². The molecule has 3 heteroatoms. The first-order valence-corrected chi connectivity index (χ1v) is 7.23. The van der Waals surface area contributed by atoms with E-state index < -0.39 is 0 Å². The van der Waals surface area contributed by atoms with Gasteiger partial charge in [0.05, 0.1) is 5.54 Å². The quantitative estimate of drug-likeness (QED) is 0.829. The number of nitrogens with one attached hydrogen (secondary N) is 1. The maximum atomic E-state index is 11.9. The van der Waals surface area contributed by atoms with Gasteiger partial charge in [-0.1, -0.05) is 49.6 Å². The van der Waals surface area contributed by atoms with E-state index in [1.807, 2.05) is 18.2 Å². The third-order valence-electron chi connectivity index (χ3n) is 3.73. The number of carbonyl (C=O) groups excluding carboxylic acids is 1. The predicted octanol–water partition coefficient (Wildman–Crippen LogP) is 3.59. The molecular formula is C15H20ClNO. The van der Waals surface area contributed by atoms with Crippen molar-refractivity contribution < 1.29 is 4.79 Å². The van der Waals surface area contributed by atoms with Crippen LogP contribution in [0.2, 0.25) is 0 Å². The largest absolute Gasteiger partial charge is 0.347 e. The van der Waals surface area contributed by atoms with E-state index in [1.165, 1.54) is 24.8 Å². The molecule has 0 aromatic heterocycles. The number of amides is 1. The van der Waals surface area contributed by atoms with Gasteiger partial charge in [0.2, 0.25) is 5.91 Å². The Labute approximate surface area is 114 Å². The van der Waals surface area contributed by atoms with Gasteiger partial charge >= 0.3 is 0 Å². The summed E-state index contributed by atoms with van der Waals surface area (Å²) >= 11 is 5.64. The van der Waals surface area contributed by atoms with Crippen molar-refractivity contribution >= 4 is 17.5 Å². The Hall–Kier alpha value is -1.02. The monoisotopic (exact) mass is 265 g/mol. The molecule has 1 aromatic carbocycles. The second-order valence-corrected chi connectivity index (χ2v) is 5.37. The lowest BCUT2D eigenvalue weighted by atomic mass is 9.76. The molecule has 0 atom stereocenters. The zero-order valence-corrected chi connectivity index (χ0v) is 11.4. The normalized spacial score (nSPS) is 18.3. The van der Waals surface area contributed by atoms with Crippen molar-refractivity contribution in [2.75, 3.05) is 5.88 Å². The number of alkyl halides is 1. The maximum absolute atomic E-state index is 11.9. The Bertz CT molecular complexity index is 385. The number of hydrogen-bond acceptors (Lipinski definition) is 1. The first-order valence-electron chi connectivity index (χ1n) is 6.69. The smallest absolute Gasteiger partial charge is 0.221 e. The van der Waals surface area contributed by atoms with Gasteiger partial charge < -0.3 is 5.32 Å². The van der Waals surface area contributed by atoms with Gasteiger partial charge in [-0.25, -0.2) is 0 Å². The van der Waals surface area contributed by atoms with Crippen LogP contribution in [0.4, 0.5) is 0 Å².